The summed E-state index contributed by atoms with van der Waals surface area (Å²) in [5, 5.41) is 2.66. The van der Waals surface area contributed by atoms with Crippen LogP contribution in [0.2, 0.25) is 0 Å². The third kappa shape index (κ3) is 4.54. The lowest BCUT2D eigenvalue weighted by atomic mass is 10.2. The van der Waals surface area contributed by atoms with Crippen molar-refractivity contribution in [3.63, 3.8) is 0 Å². The molecule has 27 heavy (non-hydrogen) atoms. The number of rotatable bonds is 6. The third-order valence-corrected chi connectivity index (χ3v) is 6.72. The summed E-state index contributed by atoms with van der Waals surface area (Å²) < 4.78 is 26.7. The molecule has 0 atom stereocenters. The molecule has 0 bridgehead atoms. The lowest BCUT2D eigenvalue weighted by molar-refractivity contribution is -0.138. The highest BCUT2D eigenvalue weighted by atomic mass is 32.2. The summed E-state index contributed by atoms with van der Waals surface area (Å²) in [4.78, 5) is 36.4. The molecule has 2 aliphatic heterocycles. The van der Waals surface area contributed by atoms with Gasteiger partial charge in [-0.15, -0.1) is 0 Å². The molecule has 0 aromatic heterocycles. The van der Waals surface area contributed by atoms with Gasteiger partial charge in [0.25, 0.3) is 0 Å². The van der Waals surface area contributed by atoms with Crippen LogP contribution in [0.1, 0.15) is 38.5 Å². The largest absolute Gasteiger partial charge is 0.326 e. The maximum Gasteiger partial charge on any atom is 0.243 e. The van der Waals surface area contributed by atoms with E-state index in [0.29, 0.717) is 18.8 Å². The molecule has 0 spiro atoms. The van der Waals surface area contributed by atoms with Crippen LogP contribution in [0.25, 0.3) is 0 Å². The van der Waals surface area contributed by atoms with E-state index in [1.807, 2.05) is 0 Å². The molecule has 1 N–H and O–H groups in total. The number of likely N-dealkylation sites (tertiary alicyclic amines) is 1. The van der Waals surface area contributed by atoms with Gasteiger partial charge < -0.3 is 5.32 Å². The molecule has 2 aliphatic rings. The third-order valence-electron chi connectivity index (χ3n) is 4.81. The van der Waals surface area contributed by atoms with E-state index in [1.54, 1.807) is 12.1 Å². The number of sulfonamides is 1. The molecule has 1 aromatic rings. The molecule has 2 fully saturated rings. The van der Waals surface area contributed by atoms with Crippen LogP contribution < -0.4 is 5.32 Å². The van der Waals surface area contributed by atoms with Gasteiger partial charge in [0.15, 0.2) is 0 Å². The Hall–Kier alpha value is -2.26. The smallest absolute Gasteiger partial charge is 0.243 e. The highest BCUT2D eigenvalue weighted by Crippen LogP contribution is 2.22. The maximum atomic E-state index is 12.6. The molecular weight excluding hydrogens is 370 g/mol. The Morgan fingerprint density at radius 2 is 1.56 bits per heavy atom. The summed E-state index contributed by atoms with van der Waals surface area (Å²) in [7, 11) is -3.50. The SMILES string of the molecule is O=C(CCN1C(=O)CCC1=O)Nc1ccc(S(=O)(=O)N2CCCCC2)cc1. The van der Waals surface area contributed by atoms with Gasteiger partial charge in [-0.3, -0.25) is 19.3 Å². The van der Waals surface area contributed by atoms with Gasteiger partial charge in [0.05, 0.1) is 4.90 Å². The summed E-state index contributed by atoms with van der Waals surface area (Å²) in [5.74, 6) is -0.839. The van der Waals surface area contributed by atoms with E-state index >= 15 is 0 Å². The Morgan fingerprint density at radius 1 is 0.963 bits per heavy atom. The molecule has 2 saturated heterocycles. The molecule has 1 aromatic carbocycles. The first kappa shape index (κ1) is 19.5. The van der Waals surface area contributed by atoms with Crippen molar-refractivity contribution < 1.29 is 22.8 Å². The second kappa shape index (κ2) is 8.18. The Labute approximate surface area is 158 Å². The number of nitrogens with one attached hydrogen (secondary N) is 1. The van der Waals surface area contributed by atoms with Crippen molar-refractivity contribution in [1.29, 1.82) is 0 Å². The van der Waals surface area contributed by atoms with Gasteiger partial charge in [-0.25, -0.2) is 8.42 Å². The number of hydrogen-bond donors (Lipinski definition) is 1. The minimum atomic E-state index is -3.50. The first-order valence-electron chi connectivity index (χ1n) is 9.11. The number of piperidine rings is 1. The van der Waals surface area contributed by atoms with Crippen molar-refractivity contribution in [3.05, 3.63) is 24.3 Å². The molecule has 0 saturated carbocycles. The van der Waals surface area contributed by atoms with E-state index in [-0.39, 0.29) is 48.4 Å². The van der Waals surface area contributed by atoms with E-state index in [4.69, 9.17) is 0 Å². The van der Waals surface area contributed by atoms with Crippen molar-refractivity contribution in [2.24, 2.45) is 0 Å². The fourth-order valence-electron chi connectivity index (χ4n) is 3.27. The zero-order valence-electron chi connectivity index (χ0n) is 15.0. The number of anilines is 1. The number of carbonyl (C=O) groups is 3. The highest BCUT2D eigenvalue weighted by molar-refractivity contribution is 7.89. The lowest BCUT2D eigenvalue weighted by Crippen LogP contribution is -2.35. The van der Waals surface area contributed by atoms with Gasteiger partial charge in [-0.05, 0) is 37.1 Å². The van der Waals surface area contributed by atoms with Gasteiger partial charge in [0.1, 0.15) is 0 Å². The van der Waals surface area contributed by atoms with Gasteiger partial charge >= 0.3 is 0 Å². The van der Waals surface area contributed by atoms with E-state index in [2.05, 4.69) is 5.32 Å². The molecule has 3 amide bonds. The minimum absolute atomic E-state index is 0.00527. The van der Waals surface area contributed by atoms with E-state index < -0.39 is 10.0 Å². The van der Waals surface area contributed by atoms with Crippen LogP contribution in [0.3, 0.4) is 0 Å². The van der Waals surface area contributed by atoms with Gasteiger partial charge in [0, 0.05) is 44.6 Å². The van der Waals surface area contributed by atoms with Crippen LogP contribution >= 0.6 is 0 Å². The number of imide groups is 1. The Morgan fingerprint density at radius 3 is 2.15 bits per heavy atom. The standard InChI is InChI=1S/C18H23N3O5S/c22-16(10-13-21-17(23)8-9-18(21)24)19-14-4-6-15(7-5-14)27(25,26)20-11-2-1-3-12-20/h4-7H,1-3,8-13H2,(H,19,22). The quantitative estimate of drug-likeness (QED) is 0.735. The molecule has 8 nitrogen and oxygen atoms in total. The van der Waals surface area contributed by atoms with Crippen LogP contribution in [0.5, 0.6) is 0 Å². The number of carbonyl (C=O) groups excluding carboxylic acids is 3. The zero-order valence-corrected chi connectivity index (χ0v) is 15.8. The molecule has 146 valence electrons. The summed E-state index contributed by atoms with van der Waals surface area (Å²) in [6, 6.07) is 6.04. The monoisotopic (exact) mass is 393 g/mol. The number of benzene rings is 1. The minimum Gasteiger partial charge on any atom is -0.326 e. The normalized spacial score (nSPS) is 18.7. The molecule has 0 unspecified atom stereocenters. The van der Waals surface area contributed by atoms with E-state index in [1.165, 1.54) is 16.4 Å². The van der Waals surface area contributed by atoms with Crippen molar-refractivity contribution in [2.45, 2.75) is 43.4 Å². The van der Waals surface area contributed by atoms with E-state index in [0.717, 1.165) is 24.2 Å². The number of amides is 3. The van der Waals surface area contributed by atoms with Crippen molar-refractivity contribution >= 4 is 33.4 Å². The summed E-state index contributed by atoms with van der Waals surface area (Å²) in [5.41, 5.74) is 0.469. The number of nitrogens with zero attached hydrogens (tertiary/aromatic N) is 2. The van der Waals surface area contributed by atoms with Gasteiger partial charge in [0.2, 0.25) is 27.7 Å². The zero-order chi connectivity index (χ0) is 19.4. The predicted octanol–water partition coefficient (Wildman–Crippen LogP) is 1.34. The van der Waals surface area contributed by atoms with Crippen LogP contribution in [0.4, 0.5) is 5.69 Å². The summed E-state index contributed by atoms with van der Waals surface area (Å²) >= 11 is 0. The molecule has 0 radical (unpaired) electrons. The number of hydrogen-bond acceptors (Lipinski definition) is 5. The summed E-state index contributed by atoms with van der Waals surface area (Å²) in [6.45, 7) is 1.13. The van der Waals surface area contributed by atoms with Crippen molar-refractivity contribution in [3.8, 4) is 0 Å². The fraction of sp³-hybridized carbons (Fsp3) is 0.500. The average Bonchev–Trinajstić information content (AvgIpc) is 2.99. The van der Waals surface area contributed by atoms with Crippen LogP contribution in [-0.2, 0) is 24.4 Å². The first-order valence-corrected chi connectivity index (χ1v) is 10.6. The summed E-state index contributed by atoms with van der Waals surface area (Å²) in [6.07, 6.45) is 3.20. The molecule has 9 heteroatoms. The van der Waals surface area contributed by atoms with Gasteiger partial charge in [-0.1, -0.05) is 6.42 Å². The second-order valence-corrected chi connectivity index (χ2v) is 8.66. The molecular formula is C18H23N3O5S. The van der Waals surface area contributed by atoms with Crippen LogP contribution in [-0.4, -0.2) is 55.0 Å². The lowest BCUT2D eigenvalue weighted by Gasteiger charge is -2.25. The predicted molar refractivity (Wildman–Crippen MR) is 98.3 cm³/mol. The first-order chi connectivity index (χ1) is 12.9. The Bertz CT molecular complexity index is 813. The topological polar surface area (TPSA) is 104 Å². The Kier molecular flexibility index (Phi) is 5.91. The second-order valence-electron chi connectivity index (χ2n) is 6.73. The van der Waals surface area contributed by atoms with Crippen molar-refractivity contribution in [2.75, 3.05) is 25.0 Å². The molecule has 0 aliphatic carbocycles. The maximum absolute atomic E-state index is 12.6. The van der Waals surface area contributed by atoms with Crippen LogP contribution in [0, 0.1) is 0 Å². The Balaban J connectivity index is 1.56. The van der Waals surface area contributed by atoms with E-state index in [9.17, 15) is 22.8 Å². The highest BCUT2D eigenvalue weighted by Gasteiger charge is 2.29. The fourth-order valence-corrected chi connectivity index (χ4v) is 4.79. The van der Waals surface area contributed by atoms with Gasteiger partial charge in [-0.2, -0.15) is 4.31 Å². The van der Waals surface area contributed by atoms with Crippen molar-refractivity contribution in [1.82, 2.24) is 9.21 Å². The molecule has 2 heterocycles. The van der Waals surface area contributed by atoms with Crippen LogP contribution in [0.15, 0.2) is 29.2 Å². The average molecular weight is 393 g/mol. The molecule has 3 rings (SSSR count).